The quantitative estimate of drug-likeness (QED) is 0.444. The fraction of sp³-hybridized carbons (Fsp3) is 0.556. The molecule has 0 aliphatic heterocycles. The minimum Gasteiger partial charge on any atom is -0.0683 e. The summed E-state index contributed by atoms with van der Waals surface area (Å²) in [5.74, 6) is 0. The highest BCUT2D eigenvalue weighted by atomic mass is 14.6. The average Bonchev–Trinajstić information content (AvgIpc) is 2.98. The molecule has 2 aliphatic carbocycles. The van der Waals surface area contributed by atoms with Gasteiger partial charge in [-0.1, -0.05) is 103 Å². The summed E-state index contributed by atoms with van der Waals surface area (Å²) in [6, 6.07) is 14.3. The Morgan fingerprint density at radius 2 is 0.889 bits per heavy atom. The summed E-state index contributed by atoms with van der Waals surface area (Å²) in [4.78, 5) is 0. The normalized spacial score (nSPS) is 19.3. The molecule has 0 N–H and O–H groups in total. The molecule has 2 aliphatic rings. The number of fused-ring (bicyclic) bond motifs is 4. The fourth-order valence-electron chi connectivity index (χ4n) is 5.58. The maximum absolute atomic E-state index is 2.47. The van der Waals surface area contributed by atoms with E-state index in [1.807, 2.05) is 27.7 Å². The summed E-state index contributed by atoms with van der Waals surface area (Å²) in [7, 11) is 0. The topological polar surface area (TPSA) is 0 Å². The lowest BCUT2D eigenvalue weighted by Crippen LogP contribution is -2.27. The first-order chi connectivity index (χ1) is 12.7. The third-order valence-electron chi connectivity index (χ3n) is 6.33. The van der Waals surface area contributed by atoms with Crippen molar-refractivity contribution in [3.05, 3.63) is 69.8 Å². The van der Waals surface area contributed by atoms with E-state index in [4.69, 9.17) is 0 Å². The summed E-state index contributed by atoms with van der Waals surface area (Å²) >= 11 is 0. The van der Waals surface area contributed by atoms with Crippen LogP contribution >= 0.6 is 0 Å². The van der Waals surface area contributed by atoms with Gasteiger partial charge < -0.3 is 0 Å². The van der Waals surface area contributed by atoms with Gasteiger partial charge in [0.2, 0.25) is 0 Å². The predicted octanol–water partition coefficient (Wildman–Crippen LogP) is 8.00. The highest BCUT2D eigenvalue weighted by Gasteiger charge is 2.55. The van der Waals surface area contributed by atoms with Crippen LogP contribution in [0.5, 0.6) is 0 Å². The molecule has 4 rings (SSSR count). The number of benzene rings is 2. The van der Waals surface area contributed by atoms with E-state index >= 15 is 0 Å². The lowest BCUT2D eigenvalue weighted by molar-refractivity contribution is 0.349. The van der Waals surface area contributed by atoms with Crippen molar-refractivity contribution < 1.29 is 0 Å². The Hall–Kier alpha value is -1.56. The second kappa shape index (κ2) is 7.46. The third-order valence-corrected chi connectivity index (χ3v) is 6.33. The van der Waals surface area contributed by atoms with Crippen LogP contribution in [0.4, 0.5) is 0 Å². The summed E-state index contributed by atoms with van der Waals surface area (Å²) in [6.45, 7) is 22.2. The van der Waals surface area contributed by atoms with Gasteiger partial charge in [0.15, 0.2) is 0 Å². The minimum absolute atomic E-state index is 0.204. The Labute approximate surface area is 168 Å². The molecule has 0 radical (unpaired) electrons. The van der Waals surface area contributed by atoms with Crippen molar-refractivity contribution in [3.8, 4) is 0 Å². The van der Waals surface area contributed by atoms with Gasteiger partial charge in [0.1, 0.15) is 0 Å². The van der Waals surface area contributed by atoms with Crippen molar-refractivity contribution in [2.24, 2.45) is 0 Å². The van der Waals surface area contributed by atoms with Crippen LogP contribution in [0.3, 0.4) is 0 Å². The molecule has 0 aromatic heterocycles. The number of hydrogen-bond acceptors (Lipinski definition) is 0. The maximum Gasteiger partial charge on any atom is 0.0225 e. The zero-order valence-electron chi connectivity index (χ0n) is 19.4. The van der Waals surface area contributed by atoms with Crippen LogP contribution < -0.4 is 0 Å². The Morgan fingerprint density at radius 3 is 1.22 bits per heavy atom. The van der Waals surface area contributed by atoms with Gasteiger partial charge in [-0.25, -0.2) is 0 Å². The van der Waals surface area contributed by atoms with E-state index in [9.17, 15) is 0 Å². The molecular formula is C27H40. The lowest BCUT2D eigenvalue weighted by Gasteiger charge is -2.30. The van der Waals surface area contributed by atoms with Crippen molar-refractivity contribution in [2.75, 3.05) is 0 Å². The van der Waals surface area contributed by atoms with Crippen molar-refractivity contribution in [1.82, 2.24) is 0 Å². The maximum atomic E-state index is 2.47. The average molecular weight is 365 g/mol. The van der Waals surface area contributed by atoms with Gasteiger partial charge in [0.05, 0.1) is 0 Å². The van der Waals surface area contributed by atoms with Gasteiger partial charge in [-0.05, 0) is 59.8 Å². The lowest BCUT2D eigenvalue weighted by atomic mass is 9.72. The Bertz CT molecular complexity index is 735. The van der Waals surface area contributed by atoms with Crippen molar-refractivity contribution in [1.29, 1.82) is 0 Å². The van der Waals surface area contributed by atoms with Crippen LogP contribution in [-0.2, 0) is 16.2 Å². The molecule has 148 valence electrons. The van der Waals surface area contributed by atoms with E-state index < -0.39 is 0 Å². The third kappa shape index (κ3) is 3.37. The van der Waals surface area contributed by atoms with Gasteiger partial charge in [-0.2, -0.15) is 0 Å². The molecule has 2 aromatic carbocycles. The van der Waals surface area contributed by atoms with Gasteiger partial charge in [-0.3, -0.25) is 0 Å². The van der Waals surface area contributed by atoms with Crippen LogP contribution in [0, 0.1) is 13.8 Å². The van der Waals surface area contributed by atoms with Crippen LogP contribution in [0.2, 0.25) is 0 Å². The number of rotatable bonds is 0. The zero-order valence-corrected chi connectivity index (χ0v) is 19.4. The molecule has 0 atom stereocenters. The molecule has 0 heterocycles. The Balaban J connectivity index is 0.000000614. The summed E-state index contributed by atoms with van der Waals surface area (Å²) in [5.41, 5.74) is 9.81. The van der Waals surface area contributed by atoms with Crippen LogP contribution in [0.25, 0.3) is 0 Å². The largest absolute Gasteiger partial charge is 0.0683 e. The first-order valence-electron chi connectivity index (χ1n) is 10.9. The molecule has 0 saturated heterocycles. The van der Waals surface area contributed by atoms with Gasteiger partial charge >= 0.3 is 0 Å². The first-order valence-corrected chi connectivity index (χ1v) is 10.9. The molecule has 27 heavy (non-hydrogen) atoms. The van der Waals surface area contributed by atoms with Crippen molar-refractivity contribution >= 4 is 0 Å². The van der Waals surface area contributed by atoms with Crippen LogP contribution in [0.1, 0.15) is 102 Å². The highest BCUT2D eigenvalue weighted by Crippen LogP contribution is 2.62. The molecule has 0 bridgehead atoms. The number of aryl methyl sites for hydroxylation is 2. The van der Waals surface area contributed by atoms with Crippen molar-refractivity contribution in [2.45, 2.75) is 98.3 Å². The first kappa shape index (κ1) is 21.7. The zero-order chi connectivity index (χ0) is 20.6. The van der Waals surface area contributed by atoms with Gasteiger partial charge in [0.25, 0.3) is 0 Å². The molecular weight excluding hydrogens is 324 g/mol. The van der Waals surface area contributed by atoms with Crippen LogP contribution in [-0.4, -0.2) is 0 Å². The molecule has 0 heteroatoms. The molecule has 0 fully saturated rings. The van der Waals surface area contributed by atoms with E-state index in [0.717, 1.165) is 0 Å². The van der Waals surface area contributed by atoms with E-state index in [-0.39, 0.29) is 16.2 Å². The molecule has 0 saturated carbocycles. The second-order valence-corrected chi connectivity index (χ2v) is 9.30. The second-order valence-electron chi connectivity index (χ2n) is 9.30. The fourth-order valence-corrected chi connectivity index (χ4v) is 5.58. The van der Waals surface area contributed by atoms with Crippen LogP contribution in [0.15, 0.2) is 36.4 Å². The van der Waals surface area contributed by atoms with E-state index in [0.29, 0.717) is 0 Å². The molecule has 0 amide bonds. The monoisotopic (exact) mass is 364 g/mol. The van der Waals surface area contributed by atoms with Gasteiger partial charge in [-0.15, -0.1) is 0 Å². The summed E-state index contributed by atoms with van der Waals surface area (Å²) in [5, 5.41) is 0. The molecule has 2 aromatic rings. The van der Waals surface area contributed by atoms with E-state index in [1.54, 1.807) is 22.3 Å². The predicted molar refractivity (Wildman–Crippen MR) is 121 cm³/mol. The molecule has 0 unspecified atom stereocenters. The minimum atomic E-state index is 0.204. The van der Waals surface area contributed by atoms with E-state index in [1.165, 1.54) is 24.0 Å². The number of hydrogen-bond donors (Lipinski definition) is 0. The summed E-state index contributed by atoms with van der Waals surface area (Å²) in [6.07, 6.45) is 2.47. The standard InChI is InChI=1S/C23H28.2C2H6/c1-15-7-9-17-19(11-15)23(13-21(17,3)4)14-22(5,6)18-10-8-16(2)12-20(18)23;2*1-2/h7-12H,13-14H2,1-6H3;2*1-2H3. The SMILES string of the molecule is CC.CC.Cc1ccc2c(c1)C1(CC2(C)C)CC(C)(C)c2ccc(C)cc21. The van der Waals surface area contributed by atoms with E-state index in [2.05, 4.69) is 77.9 Å². The Morgan fingerprint density at radius 1 is 0.556 bits per heavy atom. The van der Waals surface area contributed by atoms with Crippen molar-refractivity contribution in [3.63, 3.8) is 0 Å². The Kier molecular flexibility index (Phi) is 6.00. The smallest absolute Gasteiger partial charge is 0.0225 e. The molecule has 1 spiro atoms. The molecule has 0 nitrogen and oxygen atoms in total. The highest BCUT2D eigenvalue weighted by molar-refractivity contribution is 5.60. The summed E-state index contributed by atoms with van der Waals surface area (Å²) < 4.78 is 0. The van der Waals surface area contributed by atoms with Gasteiger partial charge in [0, 0.05) is 5.41 Å².